The fraction of sp³-hybridized carbons (Fsp3) is 0.632. The second-order valence-electron chi connectivity index (χ2n) is 7.73. The predicted octanol–water partition coefficient (Wildman–Crippen LogP) is 0.447. The lowest BCUT2D eigenvalue weighted by Crippen LogP contribution is -2.48. The van der Waals surface area contributed by atoms with Crippen LogP contribution < -0.4 is 5.32 Å². The number of hydrogen-bond acceptors (Lipinski definition) is 6. The summed E-state index contributed by atoms with van der Waals surface area (Å²) in [5.41, 5.74) is 0. The summed E-state index contributed by atoms with van der Waals surface area (Å²) in [6.45, 7) is 3.71. The first-order valence-corrected chi connectivity index (χ1v) is 9.58. The standard InChI is InChI=1S/C19H25N3O6/c1-11(2)9-14(18(26)28-10-15(23)21-8-7-20-19(21)27)22-16(24)12-5-3-4-6-13(12)17(22)25/h3-4,11-14H,5-10H2,1-2H3,(H,20,27)/t12-,13-,14-/m1/s1. The molecule has 3 rings (SSSR count). The summed E-state index contributed by atoms with van der Waals surface area (Å²) in [5, 5.41) is 2.49. The molecule has 9 nitrogen and oxygen atoms in total. The van der Waals surface area contributed by atoms with Crippen molar-refractivity contribution in [2.75, 3.05) is 19.7 Å². The molecule has 0 aromatic heterocycles. The van der Waals surface area contributed by atoms with E-state index in [1.54, 1.807) is 0 Å². The number of rotatable bonds is 6. The third-order valence-corrected chi connectivity index (χ3v) is 5.32. The van der Waals surface area contributed by atoms with E-state index in [-0.39, 0.29) is 30.7 Å². The summed E-state index contributed by atoms with van der Waals surface area (Å²) in [7, 11) is 0. The van der Waals surface area contributed by atoms with Gasteiger partial charge < -0.3 is 10.1 Å². The maximum atomic E-state index is 12.8. The molecule has 152 valence electrons. The largest absolute Gasteiger partial charge is 0.454 e. The molecular weight excluding hydrogens is 366 g/mol. The van der Waals surface area contributed by atoms with E-state index in [9.17, 15) is 24.0 Å². The van der Waals surface area contributed by atoms with Gasteiger partial charge in [0.2, 0.25) is 11.8 Å². The van der Waals surface area contributed by atoms with Crippen molar-refractivity contribution in [2.45, 2.75) is 39.2 Å². The molecule has 3 aliphatic rings. The highest BCUT2D eigenvalue weighted by Crippen LogP contribution is 2.37. The molecular formula is C19H25N3O6. The van der Waals surface area contributed by atoms with Crippen molar-refractivity contribution < 1.29 is 28.7 Å². The number of urea groups is 1. The van der Waals surface area contributed by atoms with E-state index in [2.05, 4.69) is 5.32 Å². The van der Waals surface area contributed by atoms with Gasteiger partial charge in [-0.2, -0.15) is 0 Å². The Bertz CT molecular complexity index is 705. The Balaban J connectivity index is 1.70. The van der Waals surface area contributed by atoms with Crippen LogP contribution in [0.3, 0.4) is 0 Å². The van der Waals surface area contributed by atoms with Gasteiger partial charge in [0.15, 0.2) is 6.61 Å². The first-order valence-electron chi connectivity index (χ1n) is 9.58. The number of ether oxygens (including phenoxy) is 1. The molecule has 1 N–H and O–H groups in total. The number of hydrogen-bond donors (Lipinski definition) is 1. The zero-order chi connectivity index (χ0) is 20.4. The van der Waals surface area contributed by atoms with Crippen molar-refractivity contribution in [1.29, 1.82) is 0 Å². The van der Waals surface area contributed by atoms with Crippen LogP contribution in [0.15, 0.2) is 12.2 Å². The van der Waals surface area contributed by atoms with Gasteiger partial charge >= 0.3 is 12.0 Å². The van der Waals surface area contributed by atoms with Gasteiger partial charge in [0, 0.05) is 13.1 Å². The summed E-state index contributed by atoms with van der Waals surface area (Å²) >= 11 is 0. The maximum Gasteiger partial charge on any atom is 0.329 e. The normalized spacial score (nSPS) is 25.2. The van der Waals surface area contributed by atoms with E-state index in [1.807, 2.05) is 26.0 Å². The second kappa shape index (κ2) is 8.12. The van der Waals surface area contributed by atoms with Gasteiger partial charge in [-0.1, -0.05) is 26.0 Å². The van der Waals surface area contributed by atoms with Crippen LogP contribution in [-0.2, 0) is 23.9 Å². The third kappa shape index (κ3) is 3.79. The lowest BCUT2D eigenvalue weighted by molar-refractivity contribution is -0.162. The number of imide groups is 2. The second-order valence-corrected chi connectivity index (χ2v) is 7.73. The SMILES string of the molecule is CC(C)C[C@H](C(=O)OCC(=O)N1CCNC1=O)N1C(=O)[C@@H]2CC=CC[C@H]2C1=O. The number of amides is 5. The summed E-state index contributed by atoms with van der Waals surface area (Å²) in [5.74, 6) is -2.98. The highest BCUT2D eigenvalue weighted by molar-refractivity contribution is 6.08. The van der Waals surface area contributed by atoms with E-state index in [4.69, 9.17) is 4.74 Å². The number of allylic oxidation sites excluding steroid dienone is 2. The molecule has 5 amide bonds. The molecule has 0 unspecified atom stereocenters. The molecule has 9 heteroatoms. The van der Waals surface area contributed by atoms with Crippen LogP contribution in [0.4, 0.5) is 4.79 Å². The summed E-state index contributed by atoms with van der Waals surface area (Å²) in [4.78, 5) is 63.9. The number of likely N-dealkylation sites (tertiary alicyclic amines) is 1. The molecule has 3 atom stereocenters. The van der Waals surface area contributed by atoms with Gasteiger partial charge in [-0.25, -0.2) is 9.59 Å². The lowest BCUT2D eigenvalue weighted by atomic mass is 9.85. The van der Waals surface area contributed by atoms with Crippen LogP contribution in [0, 0.1) is 17.8 Å². The van der Waals surface area contributed by atoms with E-state index in [0.29, 0.717) is 19.4 Å². The smallest absolute Gasteiger partial charge is 0.329 e. The fourth-order valence-electron chi connectivity index (χ4n) is 3.90. The predicted molar refractivity (Wildman–Crippen MR) is 96.5 cm³/mol. The van der Waals surface area contributed by atoms with Gasteiger partial charge in [0.05, 0.1) is 11.8 Å². The van der Waals surface area contributed by atoms with Crippen LogP contribution >= 0.6 is 0 Å². The fourth-order valence-corrected chi connectivity index (χ4v) is 3.90. The van der Waals surface area contributed by atoms with Crippen LogP contribution in [-0.4, -0.2) is 65.3 Å². The number of nitrogens with one attached hydrogen (secondary N) is 1. The monoisotopic (exact) mass is 391 g/mol. The molecule has 0 spiro atoms. The van der Waals surface area contributed by atoms with Crippen LogP contribution in [0.5, 0.6) is 0 Å². The van der Waals surface area contributed by atoms with E-state index in [1.165, 1.54) is 0 Å². The molecule has 0 bridgehead atoms. The van der Waals surface area contributed by atoms with E-state index < -0.39 is 42.4 Å². The Morgan fingerprint density at radius 2 is 1.75 bits per heavy atom. The first kappa shape index (κ1) is 20.0. The van der Waals surface area contributed by atoms with Gasteiger partial charge in [-0.15, -0.1) is 0 Å². The highest BCUT2D eigenvalue weighted by Gasteiger charge is 2.51. The average molecular weight is 391 g/mol. The van der Waals surface area contributed by atoms with Crippen LogP contribution in [0.2, 0.25) is 0 Å². The summed E-state index contributed by atoms with van der Waals surface area (Å²) < 4.78 is 5.12. The summed E-state index contributed by atoms with van der Waals surface area (Å²) in [6, 6.07) is -1.59. The minimum atomic E-state index is -1.06. The van der Waals surface area contributed by atoms with E-state index >= 15 is 0 Å². The topological polar surface area (TPSA) is 113 Å². The molecule has 0 saturated carbocycles. The molecule has 2 fully saturated rings. The molecule has 2 aliphatic heterocycles. The van der Waals surface area contributed by atoms with Crippen molar-refractivity contribution in [3.8, 4) is 0 Å². The summed E-state index contributed by atoms with van der Waals surface area (Å²) in [6.07, 6.45) is 4.98. The van der Waals surface area contributed by atoms with E-state index in [0.717, 1.165) is 9.80 Å². The van der Waals surface area contributed by atoms with Crippen molar-refractivity contribution in [1.82, 2.24) is 15.1 Å². The minimum absolute atomic E-state index is 0.0268. The highest BCUT2D eigenvalue weighted by atomic mass is 16.5. The van der Waals surface area contributed by atoms with Gasteiger partial charge in [0.1, 0.15) is 6.04 Å². The quantitative estimate of drug-likeness (QED) is 0.400. The number of carbonyl (C=O) groups excluding carboxylic acids is 5. The van der Waals surface area contributed by atoms with Crippen LogP contribution in [0.1, 0.15) is 33.1 Å². The minimum Gasteiger partial charge on any atom is -0.454 e. The van der Waals surface area contributed by atoms with Gasteiger partial charge in [-0.05, 0) is 25.2 Å². The lowest BCUT2D eigenvalue weighted by Gasteiger charge is -2.26. The zero-order valence-corrected chi connectivity index (χ0v) is 16.1. The Morgan fingerprint density at radius 3 is 2.25 bits per heavy atom. The zero-order valence-electron chi connectivity index (χ0n) is 16.1. The molecule has 0 aromatic carbocycles. The average Bonchev–Trinajstić information content (AvgIpc) is 3.20. The molecule has 2 heterocycles. The molecule has 0 radical (unpaired) electrons. The third-order valence-electron chi connectivity index (χ3n) is 5.32. The molecule has 2 saturated heterocycles. The number of carbonyl (C=O) groups is 5. The Hall–Kier alpha value is -2.71. The Morgan fingerprint density at radius 1 is 1.14 bits per heavy atom. The van der Waals surface area contributed by atoms with Gasteiger partial charge in [-0.3, -0.25) is 24.2 Å². The molecule has 0 aromatic rings. The van der Waals surface area contributed by atoms with Gasteiger partial charge in [0.25, 0.3) is 5.91 Å². The van der Waals surface area contributed by atoms with Crippen molar-refractivity contribution in [2.24, 2.45) is 17.8 Å². The Kier molecular flexibility index (Phi) is 5.81. The maximum absolute atomic E-state index is 12.8. The van der Waals surface area contributed by atoms with Crippen molar-refractivity contribution in [3.05, 3.63) is 12.2 Å². The van der Waals surface area contributed by atoms with Crippen LogP contribution in [0.25, 0.3) is 0 Å². The number of esters is 1. The number of nitrogens with zero attached hydrogens (tertiary/aromatic N) is 2. The Labute approximate surface area is 163 Å². The van der Waals surface area contributed by atoms with Crippen molar-refractivity contribution >= 4 is 29.7 Å². The number of fused-ring (bicyclic) bond motifs is 1. The molecule has 28 heavy (non-hydrogen) atoms. The van der Waals surface area contributed by atoms with Crippen molar-refractivity contribution in [3.63, 3.8) is 0 Å². The first-order chi connectivity index (χ1) is 13.3. The molecule has 1 aliphatic carbocycles.